The van der Waals surface area contributed by atoms with Crippen molar-refractivity contribution < 1.29 is 0 Å². The van der Waals surface area contributed by atoms with Gasteiger partial charge in [0.15, 0.2) is 0 Å². The van der Waals surface area contributed by atoms with Gasteiger partial charge in [0.2, 0.25) is 0 Å². The maximum atomic E-state index is 6.05. The molecule has 1 aromatic rings. The molecule has 2 nitrogen and oxygen atoms in total. The minimum absolute atomic E-state index is 0.628. The summed E-state index contributed by atoms with van der Waals surface area (Å²) >= 11 is 0. The average Bonchev–Trinajstić information content (AvgIpc) is 2.33. The van der Waals surface area contributed by atoms with E-state index in [1.54, 1.807) is 0 Å². The molecule has 0 heterocycles. The monoisotopic (exact) mass is 218 g/mol. The number of nitrogens with two attached hydrogens (primary N) is 1. The van der Waals surface area contributed by atoms with Crippen molar-refractivity contribution in [3.63, 3.8) is 0 Å². The van der Waals surface area contributed by atoms with Crippen molar-refractivity contribution in [2.45, 2.75) is 51.5 Å². The summed E-state index contributed by atoms with van der Waals surface area (Å²) in [6.45, 7) is 2.16. The second-order valence-electron chi connectivity index (χ2n) is 4.75. The van der Waals surface area contributed by atoms with Gasteiger partial charge in [-0.15, -0.1) is 0 Å². The molecule has 0 saturated heterocycles. The zero-order chi connectivity index (χ0) is 11.4. The van der Waals surface area contributed by atoms with Gasteiger partial charge in [-0.05, 0) is 37.0 Å². The highest BCUT2D eigenvalue weighted by atomic mass is 14.9. The lowest BCUT2D eigenvalue weighted by atomic mass is 9.95. The van der Waals surface area contributed by atoms with Gasteiger partial charge in [0.05, 0.1) is 11.4 Å². The first-order valence-electron chi connectivity index (χ1n) is 6.44. The largest absolute Gasteiger partial charge is 0.397 e. The molecule has 0 radical (unpaired) electrons. The molecule has 2 heteroatoms. The summed E-state index contributed by atoms with van der Waals surface area (Å²) in [5, 5.41) is 3.58. The van der Waals surface area contributed by atoms with Gasteiger partial charge in [0.25, 0.3) is 0 Å². The summed E-state index contributed by atoms with van der Waals surface area (Å²) in [5.74, 6) is 0. The second-order valence-corrected chi connectivity index (χ2v) is 4.75. The number of aryl methyl sites for hydroxylation is 1. The fourth-order valence-corrected chi connectivity index (χ4v) is 2.43. The van der Waals surface area contributed by atoms with Crippen molar-refractivity contribution in [1.29, 1.82) is 0 Å². The van der Waals surface area contributed by atoms with Crippen LogP contribution in [-0.2, 0) is 6.42 Å². The van der Waals surface area contributed by atoms with Gasteiger partial charge in [0.1, 0.15) is 0 Å². The van der Waals surface area contributed by atoms with E-state index >= 15 is 0 Å². The lowest BCUT2D eigenvalue weighted by Crippen LogP contribution is -2.22. The van der Waals surface area contributed by atoms with Crippen molar-refractivity contribution in [2.24, 2.45) is 0 Å². The Hall–Kier alpha value is -1.18. The number of nitrogens with one attached hydrogen (secondary N) is 1. The molecular weight excluding hydrogens is 196 g/mol. The third-order valence-corrected chi connectivity index (χ3v) is 3.49. The van der Waals surface area contributed by atoms with Crippen LogP contribution < -0.4 is 11.1 Å². The number of benzene rings is 1. The summed E-state index contributed by atoms with van der Waals surface area (Å²) in [6.07, 6.45) is 7.72. The number of nitrogen functional groups attached to an aromatic ring is 1. The predicted octanol–water partition coefficient (Wildman–Crippen LogP) is 3.58. The summed E-state index contributed by atoms with van der Waals surface area (Å²) in [4.78, 5) is 0. The van der Waals surface area contributed by atoms with Gasteiger partial charge in [0, 0.05) is 6.04 Å². The molecule has 2 rings (SSSR count). The molecule has 3 N–H and O–H groups in total. The van der Waals surface area contributed by atoms with Crippen molar-refractivity contribution in [1.82, 2.24) is 0 Å². The predicted molar refractivity (Wildman–Crippen MR) is 70.7 cm³/mol. The van der Waals surface area contributed by atoms with Crippen LogP contribution in [0.5, 0.6) is 0 Å². The van der Waals surface area contributed by atoms with Crippen LogP contribution in [0.25, 0.3) is 0 Å². The first kappa shape index (κ1) is 11.3. The molecule has 1 saturated carbocycles. The first-order valence-corrected chi connectivity index (χ1v) is 6.44. The van der Waals surface area contributed by atoms with Gasteiger partial charge < -0.3 is 11.1 Å². The average molecular weight is 218 g/mol. The number of rotatable bonds is 3. The Morgan fingerprint density at radius 1 is 1.25 bits per heavy atom. The SMILES string of the molecule is CCc1ccc(NC2CCCCC2)c(N)c1. The van der Waals surface area contributed by atoms with Crippen LogP contribution in [0.2, 0.25) is 0 Å². The number of hydrogen-bond acceptors (Lipinski definition) is 2. The molecule has 0 aliphatic heterocycles. The number of hydrogen-bond donors (Lipinski definition) is 2. The second kappa shape index (κ2) is 5.24. The van der Waals surface area contributed by atoms with Gasteiger partial charge in [-0.3, -0.25) is 0 Å². The van der Waals surface area contributed by atoms with E-state index in [2.05, 4.69) is 30.4 Å². The van der Waals surface area contributed by atoms with Gasteiger partial charge in [-0.2, -0.15) is 0 Å². The van der Waals surface area contributed by atoms with Crippen LogP contribution in [-0.4, -0.2) is 6.04 Å². The molecule has 1 fully saturated rings. The zero-order valence-electron chi connectivity index (χ0n) is 10.1. The van der Waals surface area contributed by atoms with Crippen LogP contribution in [0.1, 0.15) is 44.6 Å². The van der Waals surface area contributed by atoms with E-state index in [1.165, 1.54) is 37.7 Å². The normalized spacial score (nSPS) is 17.3. The van der Waals surface area contributed by atoms with Crippen molar-refractivity contribution in [3.8, 4) is 0 Å². The highest BCUT2D eigenvalue weighted by Gasteiger charge is 2.13. The molecule has 0 atom stereocenters. The standard InChI is InChI=1S/C14H22N2/c1-2-11-8-9-14(13(15)10-11)16-12-6-4-3-5-7-12/h8-10,12,16H,2-7,15H2,1H3. The molecule has 1 aliphatic rings. The lowest BCUT2D eigenvalue weighted by molar-refractivity contribution is 0.463. The highest BCUT2D eigenvalue weighted by Crippen LogP contribution is 2.25. The van der Waals surface area contributed by atoms with Crippen LogP contribution >= 0.6 is 0 Å². The summed E-state index contributed by atoms with van der Waals surface area (Å²) in [7, 11) is 0. The highest BCUT2D eigenvalue weighted by molar-refractivity contribution is 5.67. The summed E-state index contributed by atoms with van der Waals surface area (Å²) in [5.41, 5.74) is 9.37. The molecule has 16 heavy (non-hydrogen) atoms. The van der Waals surface area contributed by atoms with Crippen molar-refractivity contribution >= 4 is 11.4 Å². The van der Waals surface area contributed by atoms with Crippen LogP contribution in [0.3, 0.4) is 0 Å². The van der Waals surface area contributed by atoms with E-state index < -0.39 is 0 Å². The zero-order valence-corrected chi connectivity index (χ0v) is 10.1. The molecule has 0 unspecified atom stereocenters. The third kappa shape index (κ3) is 2.69. The Labute approximate surface area is 98.2 Å². The van der Waals surface area contributed by atoms with Gasteiger partial charge in [-0.1, -0.05) is 32.3 Å². The lowest BCUT2D eigenvalue weighted by Gasteiger charge is -2.24. The molecule has 1 aliphatic carbocycles. The molecular formula is C14H22N2. The maximum absolute atomic E-state index is 6.05. The third-order valence-electron chi connectivity index (χ3n) is 3.49. The summed E-state index contributed by atoms with van der Waals surface area (Å²) in [6, 6.07) is 7.01. The van der Waals surface area contributed by atoms with Crippen LogP contribution in [0.4, 0.5) is 11.4 Å². The minimum atomic E-state index is 0.628. The minimum Gasteiger partial charge on any atom is -0.397 e. The summed E-state index contributed by atoms with van der Waals surface area (Å²) < 4.78 is 0. The maximum Gasteiger partial charge on any atom is 0.0576 e. The Balaban J connectivity index is 2.03. The molecule has 1 aromatic carbocycles. The van der Waals surface area contributed by atoms with E-state index in [0.29, 0.717) is 6.04 Å². The topological polar surface area (TPSA) is 38.0 Å². The van der Waals surface area contributed by atoms with E-state index in [-0.39, 0.29) is 0 Å². The molecule has 0 bridgehead atoms. The van der Waals surface area contributed by atoms with Gasteiger partial charge in [-0.25, -0.2) is 0 Å². The van der Waals surface area contributed by atoms with E-state index in [9.17, 15) is 0 Å². The smallest absolute Gasteiger partial charge is 0.0576 e. The quantitative estimate of drug-likeness (QED) is 0.761. The van der Waals surface area contributed by atoms with Crippen molar-refractivity contribution in [3.05, 3.63) is 23.8 Å². The Bertz CT molecular complexity index is 341. The van der Waals surface area contributed by atoms with Crippen LogP contribution in [0.15, 0.2) is 18.2 Å². The van der Waals surface area contributed by atoms with Crippen LogP contribution in [0, 0.1) is 0 Å². The fourth-order valence-electron chi connectivity index (χ4n) is 2.43. The van der Waals surface area contributed by atoms with Crippen molar-refractivity contribution in [2.75, 3.05) is 11.1 Å². The van der Waals surface area contributed by atoms with E-state index in [4.69, 9.17) is 5.73 Å². The van der Waals surface area contributed by atoms with E-state index in [1.807, 2.05) is 0 Å². The Morgan fingerprint density at radius 2 is 2.00 bits per heavy atom. The van der Waals surface area contributed by atoms with Gasteiger partial charge >= 0.3 is 0 Å². The molecule has 88 valence electrons. The molecule has 0 amide bonds. The molecule has 0 spiro atoms. The first-order chi connectivity index (χ1) is 7.79. The fraction of sp³-hybridized carbons (Fsp3) is 0.571. The molecule has 0 aromatic heterocycles. The van der Waals surface area contributed by atoms with E-state index in [0.717, 1.165) is 17.8 Å². The number of anilines is 2. The Kier molecular flexibility index (Phi) is 3.70. The Morgan fingerprint density at radius 3 is 2.62 bits per heavy atom.